The van der Waals surface area contributed by atoms with Gasteiger partial charge in [-0.3, -0.25) is 0 Å². The highest BCUT2D eigenvalue weighted by Gasteiger charge is 2.17. The molecule has 2 aromatic rings. The minimum absolute atomic E-state index is 0.663. The molecule has 0 radical (unpaired) electrons. The summed E-state index contributed by atoms with van der Waals surface area (Å²) in [4.78, 5) is 0. The topological polar surface area (TPSA) is 25.2 Å². The van der Waals surface area contributed by atoms with Crippen LogP contribution in [-0.2, 0) is 0 Å². The van der Waals surface area contributed by atoms with E-state index < -0.39 is 0 Å². The molecule has 1 aliphatic rings. The summed E-state index contributed by atoms with van der Waals surface area (Å²) in [5, 5.41) is 4.57. The van der Waals surface area contributed by atoms with Crippen molar-refractivity contribution in [2.45, 2.75) is 12.3 Å². The molecular weight excluding hydrogens is 254 g/mol. The van der Waals surface area contributed by atoms with Gasteiger partial charge in [-0.25, -0.2) is 0 Å². The largest absolute Gasteiger partial charge is 0.463 e. The lowest BCUT2D eigenvalue weighted by Gasteiger charge is -2.08. The van der Waals surface area contributed by atoms with Gasteiger partial charge in [0.2, 0.25) is 0 Å². The van der Waals surface area contributed by atoms with Gasteiger partial charge in [-0.05, 0) is 52.5 Å². The van der Waals surface area contributed by atoms with Gasteiger partial charge >= 0.3 is 0 Å². The first kappa shape index (κ1) is 9.43. The van der Waals surface area contributed by atoms with Crippen molar-refractivity contribution in [2.24, 2.45) is 0 Å². The van der Waals surface area contributed by atoms with E-state index in [1.165, 1.54) is 17.4 Å². The number of halogens is 1. The van der Waals surface area contributed by atoms with Crippen LogP contribution in [0.1, 0.15) is 17.9 Å². The number of furan rings is 1. The standard InChI is InChI=1S/C12H12BrNO/c13-11-7-15-12-2-1-8(5-10(11)12)9-3-4-14-6-9/h1-2,5,7,9,14H,3-4,6H2. The smallest absolute Gasteiger partial charge is 0.135 e. The molecule has 1 aliphatic heterocycles. The molecule has 2 heterocycles. The summed E-state index contributed by atoms with van der Waals surface area (Å²) in [7, 11) is 0. The van der Waals surface area contributed by atoms with Crippen molar-refractivity contribution >= 4 is 26.9 Å². The van der Waals surface area contributed by atoms with Crippen LogP contribution in [-0.4, -0.2) is 13.1 Å². The molecule has 3 rings (SSSR count). The normalized spacial score (nSPS) is 21.3. The van der Waals surface area contributed by atoms with Gasteiger partial charge in [0, 0.05) is 11.9 Å². The lowest BCUT2D eigenvalue weighted by atomic mass is 9.97. The highest BCUT2D eigenvalue weighted by Crippen LogP contribution is 2.30. The van der Waals surface area contributed by atoms with E-state index in [-0.39, 0.29) is 0 Å². The second-order valence-electron chi connectivity index (χ2n) is 4.03. The second kappa shape index (κ2) is 3.65. The fourth-order valence-electron chi connectivity index (χ4n) is 2.21. The molecule has 0 amide bonds. The minimum atomic E-state index is 0.663. The second-order valence-corrected chi connectivity index (χ2v) is 4.88. The number of hydrogen-bond donors (Lipinski definition) is 1. The Bertz CT molecular complexity index is 485. The maximum Gasteiger partial charge on any atom is 0.135 e. The van der Waals surface area contributed by atoms with E-state index in [0.717, 1.165) is 23.1 Å². The number of benzene rings is 1. The molecule has 1 aromatic carbocycles. The summed E-state index contributed by atoms with van der Waals surface area (Å²) < 4.78 is 6.45. The van der Waals surface area contributed by atoms with Crippen molar-refractivity contribution in [3.05, 3.63) is 34.5 Å². The van der Waals surface area contributed by atoms with Crippen LogP contribution >= 0.6 is 15.9 Å². The molecular formula is C12H12BrNO. The molecule has 0 spiro atoms. The van der Waals surface area contributed by atoms with E-state index in [4.69, 9.17) is 4.42 Å². The summed E-state index contributed by atoms with van der Waals surface area (Å²) in [5.74, 6) is 0.663. The Morgan fingerprint density at radius 2 is 2.33 bits per heavy atom. The Labute approximate surface area is 96.8 Å². The minimum Gasteiger partial charge on any atom is -0.463 e. The third-order valence-corrected chi connectivity index (χ3v) is 3.70. The molecule has 1 fully saturated rings. The fourth-order valence-corrected chi connectivity index (χ4v) is 2.61. The van der Waals surface area contributed by atoms with Crippen LogP contribution in [0, 0.1) is 0 Å². The van der Waals surface area contributed by atoms with Gasteiger partial charge in [-0.15, -0.1) is 0 Å². The molecule has 3 heteroatoms. The van der Waals surface area contributed by atoms with Crippen LogP contribution in [0.5, 0.6) is 0 Å². The molecule has 0 saturated carbocycles. The molecule has 15 heavy (non-hydrogen) atoms. The Morgan fingerprint density at radius 1 is 1.40 bits per heavy atom. The Kier molecular flexibility index (Phi) is 2.29. The molecule has 1 N–H and O–H groups in total. The van der Waals surface area contributed by atoms with Crippen molar-refractivity contribution in [1.29, 1.82) is 0 Å². The molecule has 2 nitrogen and oxygen atoms in total. The van der Waals surface area contributed by atoms with Crippen LogP contribution in [0.3, 0.4) is 0 Å². The van der Waals surface area contributed by atoms with Gasteiger partial charge in [0.15, 0.2) is 0 Å². The predicted octanol–water partition coefficient (Wildman–Crippen LogP) is 3.27. The average Bonchev–Trinajstić information content (AvgIpc) is 2.88. The van der Waals surface area contributed by atoms with Crippen molar-refractivity contribution in [3.63, 3.8) is 0 Å². The first-order valence-electron chi connectivity index (χ1n) is 5.22. The van der Waals surface area contributed by atoms with E-state index in [9.17, 15) is 0 Å². The first-order valence-corrected chi connectivity index (χ1v) is 6.01. The molecule has 78 valence electrons. The summed E-state index contributed by atoms with van der Waals surface area (Å²) in [6.07, 6.45) is 2.99. The third kappa shape index (κ3) is 1.60. The van der Waals surface area contributed by atoms with Crippen molar-refractivity contribution in [3.8, 4) is 0 Å². The Morgan fingerprint density at radius 3 is 3.13 bits per heavy atom. The van der Waals surface area contributed by atoms with E-state index in [1.54, 1.807) is 6.26 Å². The average molecular weight is 266 g/mol. The molecule has 1 aromatic heterocycles. The van der Waals surface area contributed by atoms with Crippen LogP contribution in [0.2, 0.25) is 0 Å². The van der Waals surface area contributed by atoms with Crippen LogP contribution in [0.4, 0.5) is 0 Å². The van der Waals surface area contributed by atoms with Gasteiger partial charge in [0.05, 0.1) is 4.47 Å². The number of fused-ring (bicyclic) bond motifs is 1. The monoisotopic (exact) mass is 265 g/mol. The van der Waals surface area contributed by atoms with Crippen LogP contribution in [0.25, 0.3) is 11.0 Å². The predicted molar refractivity (Wildman–Crippen MR) is 64.1 cm³/mol. The van der Waals surface area contributed by atoms with E-state index in [0.29, 0.717) is 5.92 Å². The molecule has 0 aliphatic carbocycles. The highest BCUT2D eigenvalue weighted by molar-refractivity contribution is 9.10. The lowest BCUT2D eigenvalue weighted by Crippen LogP contribution is -2.07. The quantitative estimate of drug-likeness (QED) is 0.856. The highest BCUT2D eigenvalue weighted by atomic mass is 79.9. The van der Waals surface area contributed by atoms with Crippen LogP contribution in [0.15, 0.2) is 33.4 Å². The molecule has 1 atom stereocenters. The SMILES string of the molecule is Brc1coc2ccc(C3CCNC3)cc12. The maximum absolute atomic E-state index is 5.40. The van der Waals surface area contributed by atoms with Crippen molar-refractivity contribution in [2.75, 3.05) is 13.1 Å². The van der Waals surface area contributed by atoms with Gasteiger partial charge < -0.3 is 9.73 Å². The fraction of sp³-hybridized carbons (Fsp3) is 0.333. The zero-order valence-electron chi connectivity index (χ0n) is 8.29. The maximum atomic E-state index is 5.40. The van der Waals surface area contributed by atoms with Gasteiger partial charge in [-0.1, -0.05) is 6.07 Å². The van der Waals surface area contributed by atoms with E-state index >= 15 is 0 Å². The van der Waals surface area contributed by atoms with Gasteiger partial charge in [0.1, 0.15) is 11.8 Å². The molecule has 1 unspecified atom stereocenters. The van der Waals surface area contributed by atoms with Gasteiger partial charge in [-0.2, -0.15) is 0 Å². The summed E-state index contributed by atoms with van der Waals surface area (Å²) in [5.41, 5.74) is 2.37. The van der Waals surface area contributed by atoms with Crippen molar-refractivity contribution < 1.29 is 4.42 Å². The Balaban J connectivity index is 2.08. The summed E-state index contributed by atoms with van der Waals surface area (Å²) >= 11 is 3.50. The number of rotatable bonds is 1. The zero-order chi connectivity index (χ0) is 10.3. The molecule has 1 saturated heterocycles. The van der Waals surface area contributed by atoms with Crippen LogP contribution < -0.4 is 5.32 Å². The lowest BCUT2D eigenvalue weighted by molar-refractivity contribution is 0.613. The van der Waals surface area contributed by atoms with Gasteiger partial charge in [0.25, 0.3) is 0 Å². The number of hydrogen-bond acceptors (Lipinski definition) is 2. The van der Waals surface area contributed by atoms with E-state index in [1.807, 2.05) is 0 Å². The van der Waals surface area contributed by atoms with Crippen molar-refractivity contribution in [1.82, 2.24) is 5.32 Å². The Hall–Kier alpha value is -0.800. The first-order chi connectivity index (χ1) is 7.34. The number of nitrogens with one attached hydrogen (secondary N) is 1. The van der Waals surface area contributed by atoms with E-state index in [2.05, 4.69) is 39.4 Å². The molecule has 0 bridgehead atoms. The third-order valence-electron chi connectivity index (χ3n) is 3.08. The summed E-state index contributed by atoms with van der Waals surface area (Å²) in [6, 6.07) is 6.48. The zero-order valence-corrected chi connectivity index (χ0v) is 9.88. The summed E-state index contributed by atoms with van der Waals surface area (Å²) in [6.45, 7) is 2.23.